The average molecular weight is 374 g/mol. The Bertz CT molecular complexity index is 628. The van der Waals surface area contributed by atoms with E-state index in [1.165, 1.54) is 0 Å². The Morgan fingerprint density at radius 1 is 1.12 bits per heavy atom. The lowest BCUT2D eigenvalue weighted by Crippen LogP contribution is -2.54. The molecule has 2 atom stereocenters. The first kappa shape index (κ1) is 21.5. The largest absolute Gasteiger partial charge is 0.478 e. The third kappa shape index (κ3) is 7.14. The summed E-state index contributed by atoms with van der Waals surface area (Å²) in [4.78, 5) is 21.2. The predicted molar refractivity (Wildman–Crippen MR) is 90.1 cm³/mol. The molecule has 9 heteroatoms. The number of carboxylic acid groups (broad SMARTS) is 2. The van der Waals surface area contributed by atoms with Crippen LogP contribution in [0.2, 0.25) is 0 Å². The highest BCUT2D eigenvalue weighted by Gasteiger charge is 2.30. The minimum Gasteiger partial charge on any atom is -0.478 e. The Hall–Kier alpha value is -2.55. The molecule has 6 nitrogen and oxygen atoms in total. The second-order valence-electron chi connectivity index (χ2n) is 5.87. The zero-order valence-electron chi connectivity index (χ0n) is 14.3. The molecular formula is C17H21F3N2O4. The van der Waals surface area contributed by atoms with Crippen LogP contribution in [-0.4, -0.2) is 47.3 Å². The normalized spacial score (nSPS) is 20.4. The number of carbonyl (C=O) groups is 2. The Kier molecular flexibility index (Phi) is 7.63. The summed E-state index contributed by atoms with van der Waals surface area (Å²) in [7, 11) is 0. The Morgan fingerprint density at radius 2 is 1.62 bits per heavy atom. The first-order chi connectivity index (χ1) is 12.0. The summed E-state index contributed by atoms with van der Waals surface area (Å²) in [5, 5.41) is 19.0. The van der Waals surface area contributed by atoms with E-state index in [4.69, 9.17) is 10.2 Å². The number of carboxylic acids is 2. The number of piperazine rings is 1. The monoisotopic (exact) mass is 374 g/mol. The lowest BCUT2D eigenvalue weighted by Gasteiger charge is -2.39. The number of nitrogens with one attached hydrogen (secondary N) is 1. The van der Waals surface area contributed by atoms with Gasteiger partial charge in [0.25, 0.3) is 0 Å². The van der Waals surface area contributed by atoms with Crippen LogP contribution < -0.4 is 10.2 Å². The van der Waals surface area contributed by atoms with Crippen molar-refractivity contribution in [2.45, 2.75) is 32.1 Å². The van der Waals surface area contributed by atoms with Crippen molar-refractivity contribution in [3.63, 3.8) is 0 Å². The van der Waals surface area contributed by atoms with Crippen molar-refractivity contribution in [1.82, 2.24) is 5.32 Å². The summed E-state index contributed by atoms with van der Waals surface area (Å²) in [5.74, 6) is -2.51. The van der Waals surface area contributed by atoms with E-state index in [0.717, 1.165) is 30.9 Å². The molecular weight excluding hydrogens is 353 g/mol. The number of alkyl halides is 3. The van der Waals surface area contributed by atoms with Crippen molar-refractivity contribution in [2.75, 3.05) is 18.0 Å². The van der Waals surface area contributed by atoms with E-state index in [9.17, 15) is 22.8 Å². The van der Waals surface area contributed by atoms with E-state index in [2.05, 4.69) is 24.1 Å². The number of halogens is 3. The second-order valence-corrected chi connectivity index (χ2v) is 5.87. The van der Waals surface area contributed by atoms with Crippen LogP contribution in [-0.2, 0) is 15.8 Å². The molecule has 1 aliphatic heterocycles. The van der Waals surface area contributed by atoms with E-state index in [1.807, 2.05) is 0 Å². The van der Waals surface area contributed by atoms with E-state index < -0.39 is 23.7 Å². The Balaban J connectivity index is 0.000000359. The molecule has 144 valence electrons. The molecule has 0 aliphatic carbocycles. The van der Waals surface area contributed by atoms with Gasteiger partial charge in [0.15, 0.2) is 0 Å². The van der Waals surface area contributed by atoms with Gasteiger partial charge in [0.2, 0.25) is 0 Å². The number of benzene rings is 1. The molecule has 0 spiro atoms. The maximum absolute atomic E-state index is 12.5. The predicted octanol–water partition coefficient (Wildman–Crippen LogP) is 2.60. The van der Waals surface area contributed by atoms with Gasteiger partial charge in [0.1, 0.15) is 0 Å². The minimum atomic E-state index is -4.26. The third-order valence-electron chi connectivity index (χ3n) is 3.66. The Labute approximate surface area is 148 Å². The molecule has 1 aromatic carbocycles. The highest BCUT2D eigenvalue weighted by molar-refractivity contribution is 5.89. The summed E-state index contributed by atoms with van der Waals surface area (Å²) >= 11 is 0. The molecule has 1 saturated heterocycles. The lowest BCUT2D eigenvalue weighted by atomic mass is 10.1. The fourth-order valence-electron chi connectivity index (χ4n) is 2.37. The molecule has 0 bridgehead atoms. The van der Waals surface area contributed by atoms with Gasteiger partial charge in [-0.1, -0.05) is 0 Å². The van der Waals surface area contributed by atoms with Crippen LogP contribution in [0.4, 0.5) is 18.9 Å². The van der Waals surface area contributed by atoms with Gasteiger partial charge in [-0.25, -0.2) is 9.59 Å². The third-order valence-corrected chi connectivity index (χ3v) is 3.66. The fraction of sp³-hybridized carbons (Fsp3) is 0.412. The van der Waals surface area contributed by atoms with Gasteiger partial charge in [-0.15, -0.1) is 0 Å². The summed E-state index contributed by atoms with van der Waals surface area (Å²) in [6, 6.07) is 6.04. The van der Waals surface area contributed by atoms with Gasteiger partial charge in [0, 0.05) is 43.0 Å². The number of nitrogens with zero attached hydrogens (tertiary/aromatic N) is 1. The molecule has 1 aromatic rings. The van der Waals surface area contributed by atoms with Crippen LogP contribution in [0.3, 0.4) is 0 Å². The first-order valence-corrected chi connectivity index (χ1v) is 7.82. The molecule has 0 aromatic heterocycles. The Morgan fingerprint density at radius 3 is 2.04 bits per heavy atom. The van der Waals surface area contributed by atoms with Crippen molar-refractivity contribution in [2.24, 2.45) is 0 Å². The maximum atomic E-state index is 12.5. The first-order valence-electron chi connectivity index (χ1n) is 7.82. The van der Waals surface area contributed by atoms with Crippen molar-refractivity contribution in [3.05, 3.63) is 42.0 Å². The topological polar surface area (TPSA) is 89.9 Å². The van der Waals surface area contributed by atoms with E-state index in [-0.39, 0.29) is 6.04 Å². The van der Waals surface area contributed by atoms with Gasteiger partial charge >= 0.3 is 18.1 Å². The van der Waals surface area contributed by atoms with E-state index >= 15 is 0 Å². The molecule has 0 amide bonds. The van der Waals surface area contributed by atoms with Crippen LogP contribution in [0.15, 0.2) is 36.4 Å². The average Bonchev–Trinajstić information content (AvgIpc) is 2.55. The molecule has 26 heavy (non-hydrogen) atoms. The van der Waals surface area contributed by atoms with Gasteiger partial charge in [-0.2, -0.15) is 13.2 Å². The molecule has 2 unspecified atom stereocenters. The second kappa shape index (κ2) is 9.23. The number of hydrogen-bond donors (Lipinski definition) is 3. The number of anilines is 1. The van der Waals surface area contributed by atoms with Crippen molar-refractivity contribution < 1.29 is 33.0 Å². The molecule has 0 saturated carbocycles. The molecule has 1 aliphatic rings. The smallest absolute Gasteiger partial charge is 0.416 e. The molecule has 3 N–H and O–H groups in total. The van der Waals surface area contributed by atoms with Gasteiger partial charge in [0.05, 0.1) is 5.56 Å². The van der Waals surface area contributed by atoms with Crippen LogP contribution >= 0.6 is 0 Å². The molecule has 0 radical (unpaired) electrons. The van der Waals surface area contributed by atoms with Gasteiger partial charge in [-0.05, 0) is 38.1 Å². The van der Waals surface area contributed by atoms with Gasteiger partial charge < -0.3 is 20.4 Å². The van der Waals surface area contributed by atoms with Crippen molar-refractivity contribution in [3.8, 4) is 0 Å². The number of aliphatic carboxylic acids is 2. The highest BCUT2D eigenvalue weighted by Crippen LogP contribution is 2.31. The quantitative estimate of drug-likeness (QED) is 0.705. The summed E-state index contributed by atoms with van der Waals surface area (Å²) in [5.41, 5.74) is 0.255. The van der Waals surface area contributed by atoms with Crippen LogP contribution in [0.25, 0.3) is 0 Å². The molecule has 1 heterocycles. The minimum absolute atomic E-state index is 0.290. The SMILES string of the molecule is CC1CN(c2ccc(C(F)(F)F)cc2)C(C)CN1.O=C(O)/C=C/C(=O)O. The summed E-state index contributed by atoms with van der Waals surface area (Å²) < 4.78 is 37.4. The summed E-state index contributed by atoms with van der Waals surface area (Å²) in [6.07, 6.45) is -3.15. The number of hydrogen-bond acceptors (Lipinski definition) is 4. The summed E-state index contributed by atoms with van der Waals surface area (Å²) in [6.45, 7) is 5.80. The van der Waals surface area contributed by atoms with Crippen LogP contribution in [0, 0.1) is 0 Å². The van der Waals surface area contributed by atoms with Crippen LogP contribution in [0.1, 0.15) is 19.4 Å². The molecule has 1 fully saturated rings. The van der Waals surface area contributed by atoms with Crippen molar-refractivity contribution >= 4 is 17.6 Å². The van der Waals surface area contributed by atoms with E-state index in [0.29, 0.717) is 18.2 Å². The van der Waals surface area contributed by atoms with Crippen LogP contribution in [0.5, 0.6) is 0 Å². The molecule has 2 rings (SSSR count). The zero-order chi connectivity index (χ0) is 19.9. The zero-order valence-corrected chi connectivity index (χ0v) is 14.3. The maximum Gasteiger partial charge on any atom is 0.416 e. The van der Waals surface area contributed by atoms with E-state index in [1.54, 1.807) is 12.1 Å². The number of rotatable bonds is 3. The van der Waals surface area contributed by atoms with Gasteiger partial charge in [-0.3, -0.25) is 0 Å². The standard InChI is InChI=1S/C13H17F3N2.C4H4O4/c1-9-8-18(10(2)7-17-9)12-5-3-11(4-6-12)13(14,15)16;5-3(6)1-2-4(7)8/h3-6,9-10,17H,7-8H2,1-2H3;1-2H,(H,5,6)(H,7,8)/b;2-1+. The fourth-order valence-corrected chi connectivity index (χ4v) is 2.37. The lowest BCUT2D eigenvalue weighted by molar-refractivity contribution is -0.137. The van der Waals surface area contributed by atoms with Crippen molar-refractivity contribution in [1.29, 1.82) is 0 Å². The highest BCUT2D eigenvalue weighted by atomic mass is 19.4.